The molecule has 128 valence electrons. The smallest absolute Gasteiger partial charge is 0.465 e. The summed E-state index contributed by atoms with van der Waals surface area (Å²) in [5, 5.41) is 12.6. The molecule has 1 N–H and O–H groups in total. The molecule has 0 bridgehead atoms. The fourth-order valence-electron chi connectivity index (χ4n) is 3.10. The number of carbonyl (C=O) groups is 1. The van der Waals surface area contributed by atoms with Gasteiger partial charge in [-0.25, -0.2) is 0 Å². The van der Waals surface area contributed by atoms with Crippen molar-refractivity contribution in [3.63, 3.8) is 0 Å². The van der Waals surface area contributed by atoms with Crippen LogP contribution in [-0.2, 0) is 9.53 Å². The Morgan fingerprint density at radius 3 is 2.83 bits per heavy atom. The quantitative estimate of drug-likeness (QED) is 0.853. The molecule has 24 heavy (non-hydrogen) atoms. The number of ether oxygens (including phenoxy) is 3. The van der Waals surface area contributed by atoms with Crippen molar-refractivity contribution < 1.29 is 27.8 Å². The first kappa shape index (κ1) is 16.5. The highest BCUT2D eigenvalue weighted by Crippen LogP contribution is 2.47. The minimum Gasteiger partial charge on any atom is -0.465 e. The second kappa shape index (κ2) is 5.60. The first-order valence-corrected chi connectivity index (χ1v) is 7.52. The van der Waals surface area contributed by atoms with Crippen LogP contribution >= 0.6 is 0 Å². The highest BCUT2D eigenvalue weighted by molar-refractivity contribution is 5.76. The molecular formula is C16H16F2N2O4. The number of nitriles is 1. The number of nitrogens with one attached hydrogen (secondary N) is 1. The number of rotatable bonds is 3. The highest BCUT2D eigenvalue weighted by atomic mass is 19.3. The molecule has 2 aliphatic heterocycles. The van der Waals surface area contributed by atoms with Gasteiger partial charge >= 0.3 is 12.3 Å². The Morgan fingerprint density at radius 1 is 1.46 bits per heavy atom. The minimum atomic E-state index is -3.70. The van der Waals surface area contributed by atoms with Crippen LogP contribution in [0.2, 0.25) is 0 Å². The van der Waals surface area contributed by atoms with Crippen molar-refractivity contribution in [3.8, 4) is 17.6 Å². The van der Waals surface area contributed by atoms with Crippen molar-refractivity contribution in [2.75, 3.05) is 6.61 Å². The van der Waals surface area contributed by atoms with E-state index in [1.165, 1.54) is 12.1 Å². The number of hydrogen-bond acceptors (Lipinski definition) is 6. The van der Waals surface area contributed by atoms with Gasteiger partial charge in [0.2, 0.25) is 0 Å². The van der Waals surface area contributed by atoms with Crippen LogP contribution < -0.4 is 14.8 Å². The Bertz CT molecular complexity index is 719. The first-order chi connectivity index (χ1) is 11.3. The van der Waals surface area contributed by atoms with E-state index in [0.717, 1.165) is 0 Å². The minimum absolute atomic E-state index is 0.0673. The van der Waals surface area contributed by atoms with Crippen molar-refractivity contribution >= 4 is 5.97 Å². The van der Waals surface area contributed by atoms with Gasteiger partial charge in [-0.05, 0) is 38.0 Å². The van der Waals surface area contributed by atoms with Crippen LogP contribution in [0.4, 0.5) is 8.78 Å². The Balaban J connectivity index is 1.89. The number of alkyl halides is 2. The zero-order chi connectivity index (χ0) is 17.5. The number of fused-ring (bicyclic) bond motifs is 1. The average molecular weight is 338 g/mol. The Hall–Kier alpha value is -2.40. The molecule has 0 aromatic heterocycles. The zero-order valence-electron chi connectivity index (χ0n) is 13.1. The molecule has 0 spiro atoms. The van der Waals surface area contributed by atoms with E-state index in [9.17, 15) is 18.8 Å². The molecule has 2 heterocycles. The van der Waals surface area contributed by atoms with E-state index in [0.29, 0.717) is 5.56 Å². The summed E-state index contributed by atoms with van der Waals surface area (Å²) in [4.78, 5) is 12.0. The second-order valence-corrected chi connectivity index (χ2v) is 6.01. The number of hydrogen-bond donors (Lipinski definition) is 1. The van der Waals surface area contributed by atoms with E-state index in [-0.39, 0.29) is 24.5 Å². The van der Waals surface area contributed by atoms with Gasteiger partial charge in [0.15, 0.2) is 11.5 Å². The van der Waals surface area contributed by atoms with Gasteiger partial charge in [-0.3, -0.25) is 10.1 Å². The Morgan fingerprint density at radius 2 is 2.17 bits per heavy atom. The molecular weight excluding hydrogens is 322 g/mol. The fourth-order valence-corrected chi connectivity index (χ4v) is 3.10. The molecule has 0 aliphatic carbocycles. The van der Waals surface area contributed by atoms with Crippen LogP contribution in [0, 0.1) is 16.7 Å². The van der Waals surface area contributed by atoms with Gasteiger partial charge < -0.3 is 14.2 Å². The lowest BCUT2D eigenvalue weighted by Gasteiger charge is -2.23. The summed E-state index contributed by atoms with van der Waals surface area (Å²) in [6, 6.07) is 5.39. The van der Waals surface area contributed by atoms with Crippen molar-refractivity contribution in [3.05, 3.63) is 23.8 Å². The molecule has 1 saturated heterocycles. The number of halogens is 2. The van der Waals surface area contributed by atoms with Crippen LogP contribution in [0.3, 0.4) is 0 Å². The normalized spacial score (nSPS) is 30.0. The maximum Gasteiger partial charge on any atom is 0.586 e. The molecule has 3 rings (SSSR count). The predicted molar refractivity (Wildman–Crippen MR) is 77.3 cm³/mol. The molecule has 1 aromatic carbocycles. The topological polar surface area (TPSA) is 80.6 Å². The third kappa shape index (κ3) is 2.76. The molecule has 3 atom stereocenters. The highest BCUT2D eigenvalue weighted by Gasteiger charge is 2.49. The molecule has 6 nitrogen and oxygen atoms in total. The van der Waals surface area contributed by atoms with Crippen LogP contribution in [0.25, 0.3) is 0 Å². The van der Waals surface area contributed by atoms with E-state index in [1.807, 2.05) is 0 Å². The zero-order valence-corrected chi connectivity index (χ0v) is 13.1. The van der Waals surface area contributed by atoms with E-state index < -0.39 is 29.8 Å². The summed E-state index contributed by atoms with van der Waals surface area (Å²) in [7, 11) is 0. The van der Waals surface area contributed by atoms with Gasteiger partial charge in [0.1, 0.15) is 6.04 Å². The fraction of sp³-hybridized carbons (Fsp3) is 0.500. The van der Waals surface area contributed by atoms with Gasteiger partial charge in [-0.15, -0.1) is 8.78 Å². The van der Waals surface area contributed by atoms with Crippen LogP contribution in [0.15, 0.2) is 18.2 Å². The predicted octanol–water partition coefficient (Wildman–Crippen LogP) is 2.50. The summed E-state index contributed by atoms with van der Waals surface area (Å²) in [6.45, 7) is 3.65. The lowest BCUT2D eigenvalue weighted by Crippen LogP contribution is -2.34. The SMILES string of the molecule is CCOC(=O)C1CC(C)(C#N)C(c2ccc3c(c2)OC(F)(F)O3)N1. The van der Waals surface area contributed by atoms with Gasteiger partial charge in [0, 0.05) is 0 Å². The van der Waals surface area contributed by atoms with Crippen molar-refractivity contribution in [1.29, 1.82) is 5.26 Å². The molecule has 8 heteroatoms. The number of carbonyl (C=O) groups excluding carboxylic acids is 1. The lowest BCUT2D eigenvalue weighted by molar-refractivity contribution is -0.286. The summed E-state index contributed by atoms with van der Waals surface area (Å²) < 4.78 is 40.1. The van der Waals surface area contributed by atoms with E-state index in [1.54, 1.807) is 19.9 Å². The molecule has 2 aliphatic rings. The largest absolute Gasteiger partial charge is 0.586 e. The lowest BCUT2D eigenvalue weighted by atomic mass is 9.80. The summed E-state index contributed by atoms with van der Waals surface area (Å²) in [6.07, 6.45) is -3.44. The monoisotopic (exact) mass is 338 g/mol. The third-order valence-corrected chi connectivity index (χ3v) is 4.22. The summed E-state index contributed by atoms with van der Waals surface area (Å²) >= 11 is 0. The molecule has 0 radical (unpaired) electrons. The van der Waals surface area contributed by atoms with Gasteiger partial charge in [0.25, 0.3) is 0 Å². The number of nitrogens with zero attached hydrogens (tertiary/aromatic N) is 1. The molecule has 3 unspecified atom stereocenters. The maximum atomic E-state index is 13.1. The average Bonchev–Trinajstić information content (AvgIpc) is 3.02. The van der Waals surface area contributed by atoms with Crippen LogP contribution in [0.1, 0.15) is 31.9 Å². The maximum absolute atomic E-state index is 13.1. The van der Waals surface area contributed by atoms with Gasteiger partial charge in [0.05, 0.1) is 24.1 Å². The van der Waals surface area contributed by atoms with Crippen LogP contribution in [-0.4, -0.2) is 24.9 Å². The molecule has 1 fully saturated rings. The summed E-state index contributed by atoms with van der Waals surface area (Å²) in [5.41, 5.74) is -0.334. The standard InChI is InChI=1S/C16H16F2N2O4/c1-3-22-14(21)10-7-15(2,8-19)13(20-10)9-4-5-11-12(6-9)24-16(17,18)23-11/h4-6,10,13,20H,3,7H2,1-2H3. The van der Waals surface area contributed by atoms with Crippen LogP contribution in [0.5, 0.6) is 11.5 Å². The molecule has 0 saturated carbocycles. The van der Waals surface area contributed by atoms with Crippen molar-refractivity contribution in [2.24, 2.45) is 5.41 Å². The first-order valence-electron chi connectivity index (χ1n) is 7.52. The number of benzene rings is 1. The molecule has 1 aromatic rings. The Kier molecular flexibility index (Phi) is 3.84. The van der Waals surface area contributed by atoms with E-state index in [4.69, 9.17) is 4.74 Å². The summed E-state index contributed by atoms with van der Waals surface area (Å²) in [5.74, 6) is -0.602. The van der Waals surface area contributed by atoms with Crippen molar-refractivity contribution in [1.82, 2.24) is 5.32 Å². The van der Waals surface area contributed by atoms with E-state index in [2.05, 4.69) is 20.9 Å². The van der Waals surface area contributed by atoms with Gasteiger partial charge in [-0.1, -0.05) is 6.07 Å². The van der Waals surface area contributed by atoms with Gasteiger partial charge in [-0.2, -0.15) is 5.26 Å². The molecule has 0 amide bonds. The van der Waals surface area contributed by atoms with E-state index >= 15 is 0 Å². The Labute approximate surface area is 137 Å². The number of esters is 1. The second-order valence-electron chi connectivity index (χ2n) is 6.01. The third-order valence-electron chi connectivity index (χ3n) is 4.22. The van der Waals surface area contributed by atoms with Crippen molar-refractivity contribution in [2.45, 2.75) is 38.6 Å².